The standard InChI is InChI=1S/C21H35N3O3S/c1-5-22-21(24-17(3)12-14-28(4,25)26)23-15-19-7-6-13-27-20(19)18-10-8-16(2)9-11-18/h8-11,17,19-20H,5-7,12-15H2,1-4H3,(H2,22,23,24). The van der Waals surface area contributed by atoms with Crippen LogP contribution in [0.15, 0.2) is 29.3 Å². The van der Waals surface area contributed by atoms with Crippen LogP contribution in [0.3, 0.4) is 0 Å². The van der Waals surface area contributed by atoms with Gasteiger partial charge >= 0.3 is 0 Å². The first-order chi connectivity index (χ1) is 13.3. The second kappa shape index (κ2) is 10.8. The van der Waals surface area contributed by atoms with Gasteiger partial charge in [-0.3, -0.25) is 4.99 Å². The maximum atomic E-state index is 11.4. The fraction of sp³-hybridized carbons (Fsp3) is 0.667. The minimum atomic E-state index is -2.95. The summed E-state index contributed by atoms with van der Waals surface area (Å²) in [5.74, 6) is 1.24. The Morgan fingerprint density at radius 2 is 2.04 bits per heavy atom. The molecule has 0 radical (unpaired) electrons. The van der Waals surface area contributed by atoms with Crippen molar-refractivity contribution in [1.82, 2.24) is 10.6 Å². The molecule has 7 heteroatoms. The SMILES string of the molecule is CCNC(=NCC1CCCOC1c1ccc(C)cc1)NC(C)CCS(C)(=O)=O. The summed E-state index contributed by atoms with van der Waals surface area (Å²) in [5.41, 5.74) is 2.46. The molecule has 1 aromatic carbocycles. The van der Waals surface area contributed by atoms with Gasteiger partial charge in [0.15, 0.2) is 5.96 Å². The Morgan fingerprint density at radius 3 is 2.68 bits per heavy atom. The van der Waals surface area contributed by atoms with Crippen molar-refractivity contribution >= 4 is 15.8 Å². The zero-order valence-corrected chi connectivity index (χ0v) is 18.4. The maximum Gasteiger partial charge on any atom is 0.191 e. The number of nitrogens with zero attached hydrogens (tertiary/aromatic N) is 1. The van der Waals surface area contributed by atoms with Crippen LogP contribution < -0.4 is 10.6 Å². The van der Waals surface area contributed by atoms with Crippen LogP contribution in [0.1, 0.15) is 50.3 Å². The molecule has 0 aliphatic carbocycles. The second-order valence-corrected chi connectivity index (χ2v) is 10.0. The molecule has 1 aromatic rings. The zero-order valence-electron chi connectivity index (χ0n) is 17.6. The molecule has 158 valence electrons. The molecule has 1 saturated heterocycles. The smallest absolute Gasteiger partial charge is 0.191 e. The number of aryl methyl sites for hydroxylation is 1. The lowest BCUT2D eigenvalue weighted by Crippen LogP contribution is -2.43. The average molecular weight is 410 g/mol. The highest BCUT2D eigenvalue weighted by Crippen LogP contribution is 2.33. The van der Waals surface area contributed by atoms with Crippen LogP contribution in [0, 0.1) is 12.8 Å². The van der Waals surface area contributed by atoms with Gasteiger partial charge in [-0.25, -0.2) is 8.42 Å². The molecular formula is C21H35N3O3S. The first kappa shape index (κ1) is 22.7. The van der Waals surface area contributed by atoms with E-state index in [0.717, 1.165) is 32.0 Å². The molecule has 3 unspecified atom stereocenters. The average Bonchev–Trinajstić information content (AvgIpc) is 2.65. The summed E-state index contributed by atoms with van der Waals surface area (Å²) in [6, 6.07) is 8.59. The van der Waals surface area contributed by atoms with Crippen LogP contribution in [-0.4, -0.2) is 52.1 Å². The summed E-state index contributed by atoms with van der Waals surface area (Å²) in [4.78, 5) is 4.78. The maximum absolute atomic E-state index is 11.4. The lowest BCUT2D eigenvalue weighted by atomic mass is 9.89. The van der Waals surface area contributed by atoms with Crippen molar-refractivity contribution in [2.45, 2.75) is 52.2 Å². The lowest BCUT2D eigenvalue weighted by Gasteiger charge is -2.31. The Hall–Kier alpha value is -1.60. The Labute approximate surface area is 170 Å². The van der Waals surface area contributed by atoms with Gasteiger partial charge in [-0.1, -0.05) is 29.8 Å². The Balaban J connectivity index is 2.01. The predicted molar refractivity (Wildman–Crippen MR) is 116 cm³/mol. The molecule has 2 N–H and O–H groups in total. The van der Waals surface area contributed by atoms with Gasteiger partial charge in [0.05, 0.1) is 11.9 Å². The van der Waals surface area contributed by atoms with Gasteiger partial charge in [-0.05, 0) is 45.6 Å². The Morgan fingerprint density at radius 1 is 1.32 bits per heavy atom. The number of hydrogen-bond acceptors (Lipinski definition) is 4. The van der Waals surface area contributed by atoms with Crippen molar-refractivity contribution in [3.8, 4) is 0 Å². The first-order valence-electron chi connectivity index (χ1n) is 10.2. The third-order valence-electron chi connectivity index (χ3n) is 4.98. The Kier molecular flexibility index (Phi) is 8.76. The van der Waals surface area contributed by atoms with Crippen LogP contribution in [0.25, 0.3) is 0 Å². The van der Waals surface area contributed by atoms with Gasteiger partial charge in [-0.2, -0.15) is 0 Å². The highest BCUT2D eigenvalue weighted by atomic mass is 32.2. The number of benzene rings is 1. The fourth-order valence-electron chi connectivity index (χ4n) is 3.38. The molecule has 28 heavy (non-hydrogen) atoms. The predicted octanol–water partition coefficient (Wildman–Crippen LogP) is 2.84. The summed E-state index contributed by atoms with van der Waals surface area (Å²) < 4.78 is 28.9. The van der Waals surface area contributed by atoms with Crippen molar-refractivity contribution in [1.29, 1.82) is 0 Å². The van der Waals surface area contributed by atoms with E-state index in [2.05, 4.69) is 41.8 Å². The number of ether oxygens (including phenoxy) is 1. The third kappa shape index (κ3) is 7.80. The summed E-state index contributed by atoms with van der Waals surface area (Å²) in [6.45, 7) is 8.32. The molecule has 1 aliphatic heterocycles. The third-order valence-corrected chi connectivity index (χ3v) is 5.96. The van der Waals surface area contributed by atoms with Crippen molar-refractivity contribution in [2.75, 3.05) is 31.7 Å². The topological polar surface area (TPSA) is 79.8 Å². The number of sulfone groups is 1. The van der Waals surface area contributed by atoms with Gasteiger partial charge < -0.3 is 15.4 Å². The van der Waals surface area contributed by atoms with E-state index in [0.29, 0.717) is 18.9 Å². The molecule has 0 amide bonds. The first-order valence-corrected chi connectivity index (χ1v) is 12.2. The summed E-state index contributed by atoms with van der Waals surface area (Å²) in [6.07, 6.45) is 4.04. The van der Waals surface area contributed by atoms with Gasteiger partial charge in [0.2, 0.25) is 0 Å². The molecule has 1 heterocycles. The largest absolute Gasteiger partial charge is 0.373 e. The molecule has 1 aliphatic rings. The normalized spacial score (nSPS) is 21.9. The summed E-state index contributed by atoms with van der Waals surface area (Å²) >= 11 is 0. The van der Waals surface area contributed by atoms with E-state index in [-0.39, 0.29) is 17.9 Å². The van der Waals surface area contributed by atoms with Gasteiger partial charge in [-0.15, -0.1) is 0 Å². The quantitative estimate of drug-likeness (QED) is 0.510. The molecule has 0 bridgehead atoms. The number of rotatable bonds is 8. The number of guanidine groups is 1. The van der Waals surface area contributed by atoms with E-state index in [1.54, 1.807) is 0 Å². The molecule has 3 atom stereocenters. The monoisotopic (exact) mass is 409 g/mol. The van der Waals surface area contributed by atoms with Crippen molar-refractivity contribution in [3.63, 3.8) is 0 Å². The summed E-state index contributed by atoms with van der Waals surface area (Å²) in [7, 11) is -2.95. The van der Waals surface area contributed by atoms with Crippen LogP contribution in [0.2, 0.25) is 0 Å². The van der Waals surface area contributed by atoms with E-state index in [1.807, 2.05) is 13.8 Å². The molecule has 6 nitrogen and oxygen atoms in total. The van der Waals surface area contributed by atoms with Crippen LogP contribution >= 0.6 is 0 Å². The van der Waals surface area contributed by atoms with Crippen LogP contribution in [0.4, 0.5) is 0 Å². The molecule has 0 aromatic heterocycles. The minimum absolute atomic E-state index is 0.0306. The van der Waals surface area contributed by atoms with E-state index in [9.17, 15) is 8.42 Å². The van der Waals surface area contributed by atoms with Crippen molar-refractivity contribution in [3.05, 3.63) is 35.4 Å². The van der Waals surface area contributed by atoms with Gasteiger partial charge in [0, 0.05) is 37.9 Å². The molecule has 1 fully saturated rings. The minimum Gasteiger partial charge on any atom is -0.373 e. The Bertz CT molecular complexity index is 732. The van der Waals surface area contributed by atoms with E-state index in [4.69, 9.17) is 9.73 Å². The summed E-state index contributed by atoms with van der Waals surface area (Å²) in [5, 5.41) is 6.59. The number of aliphatic imine (C=N–C) groups is 1. The number of hydrogen-bond donors (Lipinski definition) is 2. The van der Waals surface area contributed by atoms with Crippen LogP contribution in [0.5, 0.6) is 0 Å². The van der Waals surface area contributed by atoms with Crippen molar-refractivity contribution in [2.24, 2.45) is 10.9 Å². The van der Waals surface area contributed by atoms with Gasteiger partial charge in [0.25, 0.3) is 0 Å². The number of nitrogens with one attached hydrogen (secondary N) is 2. The van der Waals surface area contributed by atoms with Crippen LogP contribution in [-0.2, 0) is 14.6 Å². The van der Waals surface area contributed by atoms with E-state index < -0.39 is 9.84 Å². The highest BCUT2D eigenvalue weighted by molar-refractivity contribution is 7.90. The lowest BCUT2D eigenvalue weighted by molar-refractivity contribution is -0.0250. The van der Waals surface area contributed by atoms with E-state index >= 15 is 0 Å². The van der Waals surface area contributed by atoms with Gasteiger partial charge in [0.1, 0.15) is 9.84 Å². The zero-order chi connectivity index (χ0) is 20.6. The molecule has 0 saturated carbocycles. The van der Waals surface area contributed by atoms with E-state index in [1.165, 1.54) is 17.4 Å². The fourth-order valence-corrected chi connectivity index (χ4v) is 4.16. The molecular weight excluding hydrogens is 374 g/mol. The highest BCUT2D eigenvalue weighted by Gasteiger charge is 2.27. The van der Waals surface area contributed by atoms with Crippen molar-refractivity contribution < 1.29 is 13.2 Å². The molecule has 0 spiro atoms. The molecule has 2 rings (SSSR count). The second-order valence-electron chi connectivity index (χ2n) is 7.79.